The van der Waals surface area contributed by atoms with Crippen LogP contribution in [0.25, 0.3) is 0 Å². The largest absolute Gasteiger partial charge is 0.379 e. The van der Waals surface area contributed by atoms with Crippen LogP contribution in [-0.2, 0) is 11.3 Å². The molecule has 1 aliphatic carbocycles. The van der Waals surface area contributed by atoms with E-state index in [1.54, 1.807) is 4.57 Å². The van der Waals surface area contributed by atoms with Crippen molar-refractivity contribution in [3.8, 4) is 0 Å². The Bertz CT molecular complexity index is 925. The first kappa shape index (κ1) is 20.7. The van der Waals surface area contributed by atoms with E-state index in [1.807, 2.05) is 4.90 Å². The molecule has 4 aliphatic rings. The molecule has 168 valence electrons. The lowest BCUT2D eigenvalue weighted by atomic mass is 9.72. The highest BCUT2D eigenvalue weighted by Gasteiger charge is 2.47. The molecule has 3 fully saturated rings. The lowest BCUT2D eigenvalue weighted by Gasteiger charge is -2.54. The van der Waals surface area contributed by atoms with Gasteiger partial charge in [0.05, 0.1) is 19.8 Å². The van der Waals surface area contributed by atoms with E-state index in [2.05, 4.69) is 10.2 Å². The average molecular weight is 430 g/mol. The van der Waals surface area contributed by atoms with Gasteiger partial charge in [-0.3, -0.25) is 24.6 Å². The molecule has 2 saturated heterocycles. The van der Waals surface area contributed by atoms with Crippen molar-refractivity contribution < 1.29 is 14.3 Å². The topological polar surface area (TPSA) is 110 Å². The SMILES string of the molecule is NC(=O)c1cn2c(cc1=O)C(=O)N1C(C2)NCC2CCCC(CCN3CCOCC3)C21. The first-order valence-corrected chi connectivity index (χ1v) is 11.4. The van der Waals surface area contributed by atoms with E-state index in [9.17, 15) is 14.4 Å². The van der Waals surface area contributed by atoms with Crippen molar-refractivity contribution >= 4 is 11.8 Å². The zero-order valence-electron chi connectivity index (χ0n) is 17.8. The third-order valence-corrected chi connectivity index (χ3v) is 7.52. The Hall–Kier alpha value is -2.23. The van der Waals surface area contributed by atoms with Gasteiger partial charge in [-0.15, -0.1) is 0 Å². The number of carbonyl (C=O) groups excluding carboxylic acids is 2. The number of morpholine rings is 1. The molecule has 0 spiro atoms. The van der Waals surface area contributed by atoms with Crippen molar-refractivity contribution in [2.75, 3.05) is 39.4 Å². The van der Waals surface area contributed by atoms with Crippen LogP contribution in [-0.4, -0.2) is 77.8 Å². The Kier molecular flexibility index (Phi) is 5.58. The van der Waals surface area contributed by atoms with Gasteiger partial charge >= 0.3 is 0 Å². The van der Waals surface area contributed by atoms with E-state index < -0.39 is 11.3 Å². The lowest BCUT2D eigenvalue weighted by molar-refractivity contribution is -0.0304. The highest BCUT2D eigenvalue weighted by atomic mass is 16.5. The maximum atomic E-state index is 13.6. The Morgan fingerprint density at radius 2 is 2.03 bits per heavy atom. The number of primary amides is 1. The van der Waals surface area contributed by atoms with E-state index in [0.717, 1.165) is 58.7 Å². The molecule has 9 heteroatoms. The van der Waals surface area contributed by atoms with E-state index in [-0.39, 0.29) is 23.7 Å². The van der Waals surface area contributed by atoms with Crippen LogP contribution in [0.3, 0.4) is 0 Å². The van der Waals surface area contributed by atoms with Crippen molar-refractivity contribution in [2.45, 2.75) is 44.4 Å². The van der Waals surface area contributed by atoms with Crippen LogP contribution < -0.4 is 16.5 Å². The zero-order valence-corrected chi connectivity index (χ0v) is 17.8. The fraction of sp³-hybridized carbons (Fsp3) is 0.682. The Morgan fingerprint density at radius 3 is 2.81 bits per heavy atom. The van der Waals surface area contributed by atoms with Gasteiger partial charge < -0.3 is 19.9 Å². The molecule has 0 bridgehead atoms. The standard InChI is InChI=1S/C22H31N5O4/c23-21(29)16-12-26-13-19-24-11-15-3-1-2-14(4-5-25-6-8-31-9-7-25)20(15)27(19)22(30)17(26)10-18(16)28/h10,12,14-15,19-20,24H,1-9,11,13H2,(H2,23,29). The lowest BCUT2D eigenvalue weighted by Crippen LogP contribution is -2.68. The van der Waals surface area contributed by atoms with E-state index >= 15 is 0 Å². The second kappa shape index (κ2) is 8.37. The summed E-state index contributed by atoms with van der Waals surface area (Å²) >= 11 is 0. The van der Waals surface area contributed by atoms with Gasteiger partial charge in [0.25, 0.3) is 11.8 Å². The molecular formula is C22H31N5O4. The molecule has 0 aromatic carbocycles. The summed E-state index contributed by atoms with van der Waals surface area (Å²) in [6, 6.07) is 1.47. The van der Waals surface area contributed by atoms with Crippen LogP contribution in [0, 0.1) is 11.8 Å². The normalized spacial score (nSPS) is 31.0. The average Bonchev–Trinajstić information content (AvgIpc) is 2.78. The molecule has 1 aromatic heterocycles. The highest BCUT2D eigenvalue weighted by Crippen LogP contribution is 2.39. The van der Waals surface area contributed by atoms with E-state index in [1.165, 1.54) is 18.7 Å². The van der Waals surface area contributed by atoms with Crippen LogP contribution in [0.2, 0.25) is 0 Å². The number of nitrogens with one attached hydrogen (secondary N) is 1. The first-order valence-electron chi connectivity index (χ1n) is 11.4. The first-order chi connectivity index (χ1) is 15.0. The second-order valence-corrected chi connectivity index (χ2v) is 9.27. The number of hydrogen-bond acceptors (Lipinski definition) is 6. The molecule has 0 radical (unpaired) electrons. The number of pyridine rings is 1. The van der Waals surface area contributed by atoms with Crippen molar-refractivity contribution in [1.29, 1.82) is 0 Å². The zero-order chi connectivity index (χ0) is 21.5. The molecule has 31 heavy (non-hydrogen) atoms. The predicted molar refractivity (Wildman–Crippen MR) is 114 cm³/mol. The molecule has 4 atom stereocenters. The van der Waals surface area contributed by atoms with Crippen LogP contribution >= 0.6 is 0 Å². The van der Waals surface area contributed by atoms with Gasteiger partial charge in [-0.2, -0.15) is 0 Å². The third-order valence-electron chi connectivity index (χ3n) is 7.52. The summed E-state index contributed by atoms with van der Waals surface area (Å²) in [7, 11) is 0. The molecule has 4 unspecified atom stereocenters. The molecule has 9 nitrogen and oxygen atoms in total. The minimum atomic E-state index is -0.762. The summed E-state index contributed by atoms with van der Waals surface area (Å²) in [5.41, 5.74) is 5.14. The number of nitrogens with two attached hydrogens (primary N) is 1. The number of fused-ring (bicyclic) bond motifs is 4. The van der Waals surface area contributed by atoms with Gasteiger partial charge in [0, 0.05) is 37.9 Å². The van der Waals surface area contributed by atoms with Gasteiger partial charge in [-0.05, 0) is 37.6 Å². The quantitative estimate of drug-likeness (QED) is 0.688. The number of nitrogens with zero attached hydrogens (tertiary/aromatic N) is 3. The third kappa shape index (κ3) is 3.79. The molecule has 1 saturated carbocycles. The summed E-state index contributed by atoms with van der Waals surface area (Å²) in [5.74, 6) is 0.0114. The summed E-state index contributed by atoms with van der Waals surface area (Å²) in [6.45, 7) is 6.00. The van der Waals surface area contributed by atoms with Crippen molar-refractivity contribution in [1.82, 2.24) is 19.7 Å². The number of aromatic nitrogens is 1. The Balaban J connectivity index is 1.41. The van der Waals surface area contributed by atoms with Crippen LogP contribution in [0.4, 0.5) is 0 Å². The van der Waals surface area contributed by atoms with Gasteiger partial charge in [-0.1, -0.05) is 6.42 Å². The van der Waals surface area contributed by atoms with Crippen LogP contribution in [0.1, 0.15) is 46.5 Å². The molecule has 2 amide bonds. The van der Waals surface area contributed by atoms with Crippen LogP contribution in [0.5, 0.6) is 0 Å². The minimum Gasteiger partial charge on any atom is -0.379 e. The molecule has 4 heterocycles. The number of ether oxygens (including phenoxy) is 1. The van der Waals surface area contributed by atoms with Gasteiger partial charge in [0.15, 0.2) is 5.43 Å². The van der Waals surface area contributed by atoms with E-state index in [0.29, 0.717) is 24.1 Å². The number of amides is 2. The van der Waals surface area contributed by atoms with Gasteiger partial charge in [-0.25, -0.2) is 0 Å². The molecule has 3 N–H and O–H groups in total. The maximum absolute atomic E-state index is 13.6. The monoisotopic (exact) mass is 429 g/mol. The molecule has 1 aromatic rings. The predicted octanol–water partition coefficient (Wildman–Crippen LogP) is -0.160. The van der Waals surface area contributed by atoms with Crippen molar-refractivity contribution in [3.05, 3.63) is 33.7 Å². The molecule has 3 aliphatic heterocycles. The summed E-state index contributed by atoms with van der Waals surface area (Å²) in [4.78, 5) is 42.0. The van der Waals surface area contributed by atoms with Gasteiger partial charge in [0.1, 0.15) is 17.4 Å². The number of rotatable bonds is 4. The summed E-state index contributed by atoms with van der Waals surface area (Å²) in [5, 5.41) is 3.54. The summed E-state index contributed by atoms with van der Waals surface area (Å²) < 4.78 is 7.18. The minimum absolute atomic E-state index is 0.0697. The van der Waals surface area contributed by atoms with Crippen molar-refractivity contribution in [2.24, 2.45) is 17.6 Å². The van der Waals surface area contributed by atoms with Crippen LogP contribution in [0.15, 0.2) is 17.1 Å². The Morgan fingerprint density at radius 1 is 1.23 bits per heavy atom. The Labute approximate surface area is 181 Å². The number of carbonyl (C=O) groups is 2. The highest BCUT2D eigenvalue weighted by molar-refractivity contribution is 5.96. The molecule has 5 rings (SSSR count). The van der Waals surface area contributed by atoms with Gasteiger partial charge in [0.2, 0.25) is 0 Å². The number of hydrogen-bond donors (Lipinski definition) is 2. The summed E-state index contributed by atoms with van der Waals surface area (Å²) in [6.07, 6.45) is 5.84. The fourth-order valence-corrected chi connectivity index (χ4v) is 5.97. The van der Waals surface area contributed by atoms with Crippen molar-refractivity contribution in [3.63, 3.8) is 0 Å². The fourth-order valence-electron chi connectivity index (χ4n) is 5.97. The second-order valence-electron chi connectivity index (χ2n) is 9.27. The maximum Gasteiger partial charge on any atom is 0.272 e. The smallest absolute Gasteiger partial charge is 0.272 e. The van der Waals surface area contributed by atoms with E-state index in [4.69, 9.17) is 10.5 Å². The molecular weight excluding hydrogens is 398 g/mol.